The molecular formula is C20H24F3N5O2. The van der Waals surface area contributed by atoms with E-state index in [1.165, 1.54) is 11.0 Å². The molecule has 0 aliphatic heterocycles. The summed E-state index contributed by atoms with van der Waals surface area (Å²) in [4.78, 5) is 15.2. The highest BCUT2D eigenvalue weighted by atomic mass is 19.4. The van der Waals surface area contributed by atoms with Crippen molar-refractivity contribution in [3.8, 4) is 0 Å². The lowest BCUT2D eigenvalue weighted by Gasteiger charge is -2.21. The molecule has 1 rings (SSSR count). The average Bonchev–Trinajstić information content (AvgIpc) is 3.13. The number of hydrogen-bond donors (Lipinski definition) is 0. The molecule has 0 saturated carbocycles. The largest absolute Gasteiger partial charge is 0.572 e. The van der Waals surface area contributed by atoms with E-state index < -0.39 is 6.36 Å². The number of alkyl halides is 3. The number of aromatic nitrogens is 4. The Morgan fingerprint density at radius 2 is 1.97 bits per heavy atom. The van der Waals surface area contributed by atoms with Crippen LogP contribution in [0.15, 0.2) is 67.1 Å². The van der Waals surface area contributed by atoms with Gasteiger partial charge in [0.25, 0.3) is 5.91 Å². The number of halogens is 3. The summed E-state index contributed by atoms with van der Waals surface area (Å²) in [6.07, 6.45) is 8.35. The van der Waals surface area contributed by atoms with Gasteiger partial charge in [0.1, 0.15) is 6.54 Å². The monoisotopic (exact) mass is 423 g/mol. The first-order valence-corrected chi connectivity index (χ1v) is 9.03. The van der Waals surface area contributed by atoms with E-state index in [4.69, 9.17) is 0 Å². The minimum Gasteiger partial charge on any atom is -0.414 e. The molecule has 0 N–H and O–H groups in total. The number of ether oxygens (including phenoxy) is 1. The number of hydrogen-bond acceptors (Lipinski definition) is 5. The van der Waals surface area contributed by atoms with Crippen LogP contribution in [0.25, 0.3) is 5.57 Å². The number of amides is 1. The molecule has 30 heavy (non-hydrogen) atoms. The molecule has 0 bridgehead atoms. The Balaban J connectivity index is 2.99. The molecule has 0 aliphatic carbocycles. The summed E-state index contributed by atoms with van der Waals surface area (Å²) in [5, 5.41) is 12.0. The van der Waals surface area contributed by atoms with Gasteiger partial charge in [0, 0.05) is 17.8 Å². The zero-order valence-corrected chi connectivity index (χ0v) is 17.0. The molecule has 0 radical (unpaired) electrons. The van der Waals surface area contributed by atoms with Crippen molar-refractivity contribution in [1.29, 1.82) is 0 Å². The fraction of sp³-hybridized carbons (Fsp3) is 0.300. The molecule has 162 valence electrons. The highest BCUT2D eigenvalue weighted by molar-refractivity contribution is 5.78. The number of carbonyl (C=O) groups excluding carboxylic acids is 1. The molecule has 1 amide bonds. The van der Waals surface area contributed by atoms with Crippen LogP contribution in [0.2, 0.25) is 0 Å². The van der Waals surface area contributed by atoms with Gasteiger partial charge >= 0.3 is 6.36 Å². The first kappa shape index (κ1) is 24.6. The minimum atomic E-state index is -4.77. The molecule has 1 aromatic heterocycles. The number of carbonyl (C=O) groups is 1. The lowest BCUT2D eigenvalue weighted by atomic mass is 10.2. The van der Waals surface area contributed by atoms with Crippen LogP contribution in [0, 0.1) is 0 Å². The zero-order valence-electron chi connectivity index (χ0n) is 17.0. The normalized spacial score (nSPS) is 13.5. The van der Waals surface area contributed by atoms with E-state index in [0.717, 1.165) is 10.9 Å². The third kappa shape index (κ3) is 8.29. The topological polar surface area (TPSA) is 73.1 Å². The molecule has 0 saturated heterocycles. The first-order valence-electron chi connectivity index (χ1n) is 9.03. The molecule has 10 heteroatoms. The Hall–Kier alpha value is -3.43. The van der Waals surface area contributed by atoms with Gasteiger partial charge in [0.05, 0.1) is 6.26 Å². The third-order valence-corrected chi connectivity index (χ3v) is 3.49. The average molecular weight is 423 g/mol. The van der Waals surface area contributed by atoms with Crippen molar-refractivity contribution >= 4 is 11.5 Å². The summed E-state index contributed by atoms with van der Waals surface area (Å²) in [6, 6.07) is 0. The van der Waals surface area contributed by atoms with Crippen molar-refractivity contribution < 1.29 is 22.7 Å². The molecule has 0 aliphatic rings. The molecule has 0 fully saturated rings. The lowest BCUT2D eigenvalue weighted by Crippen LogP contribution is -2.33. The van der Waals surface area contributed by atoms with Crippen molar-refractivity contribution in [2.24, 2.45) is 0 Å². The maximum absolute atomic E-state index is 12.7. The van der Waals surface area contributed by atoms with Gasteiger partial charge in [-0.2, -0.15) is 4.80 Å². The Bertz CT molecular complexity index is 864. The fourth-order valence-electron chi connectivity index (χ4n) is 2.23. The molecular weight excluding hydrogens is 399 g/mol. The number of likely N-dealkylation sites (N-methyl/N-ethyl adjacent to an activating group) is 1. The maximum atomic E-state index is 12.7. The van der Waals surface area contributed by atoms with Gasteiger partial charge in [-0.15, -0.1) is 23.4 Å². The summed E-state index contributed by atoms with van der Waals surface area (Å²) in [6.45, 7) is 9.10. The van der Waals surface area contributed by atoms with E-state index >= 15 is 0 Å². The first-order chi connectivity index (χ1) is 14.3. The number of allylic oxidation sites excluding steroid dienone is 9. The van der Waals surface area contributed by atoms with E-state index in [1.54, 1.807) is 44.2 Å². The Morgan fingerprint density at radius 3 is 2.53 bits per heavy atom. The van der Waals surface area contributed by atoms with Gasteiger partial charge in [-0.25, -0.2) is 0 Å². The van der Waals surface area contributed by atoms with Crippen LogP contribution in [0.4, 0.5) is 13.2 Å². The van der Waals surface area contributed by atoms with E-state index in [-0.39, 0.29) is 19.0 Å². The van der Waals surface area contributed by atoms with Gasteiger partial charge in [0.2, 0.25) is 5.82 Å². The van der Waals surface area contributed by atoms with Crippen LogP contribution in [0.3, 0.4) is 0 Å². The standard InChI is InChI=1S/C20H24F3N5O2/c1-5-9-12-16(7-3)19-24-26-28(25-19)15-18(29)27(8-4)17(11-6-2)13-10-14-30-20(21,22)23/h5-7,9-14H,3,8,15H2,1-2,4H3/b9-5-,11-6-,14-10+,16-12+,17-13+. The molecule has 1 heterocycles. The van der Waals surface area contributed by atoms with Gasteiger partial charge < -0.3 is 9.64 Å². The van der Waals surface area contributed by atoms with E-state index in [1.807, 2.05) is 13.0 Å². The molecule has 7 nitrogen and oxygen atoms in total. The highest BCUT2D eigenvalue weighted by Gasteiger charge is 2.28. The maximum Gasteiger partial charge on any atom is 0.572 e. The van der Waals surface area contributed by atoms with Crippen molar-refractivity contribution in [2.75, 3.05) is 6.54 Å². The Kier molecular flexibility index (Phi) is 10.0. The molecule has 0 unspecified atom stereocenters. The zero-order chi connectivity index (χ0) is 22.6. The van der Waals surface area contributed by atoms with Gasteiger partial charge in [-0.05, 0) is 44.2 Å². The lowest BCUT2D eigenvalue weighted by molar-refractivity contribution is -0.298. The van der Waals surface area contributed by atoms with Crippen LogP contribution in [-0.4, -0.2) is 43.9 Å². The summed E-state index contributed by atoms with van der Waals surface area (Å²) >= 11 is 0. The molecule has 0 spiro atoms. The summed E-state index contributed by atoms with van der Waals surface area (Å²) in [7, 11) is 0. The van der Waals surface area contributed by atoms with E-state index in [0.29, 0.717) is 23.4 Å². The predicted molar refractivity (Wildman–Crippen MR) is 107 cm³/mol. The van der Waals surface area contributed by atoms with E-state index in [2.05, 4.69) is 26.7 Å². The number of tetrazole rings is 1. The van der Waals surface area contributed by atoms with Crippen molar-refractivity contribution in [1.82, 2.24) is 25.1 Å². The Morgan fingerprint density at radius 1 is 1.23 bits per heavy atom. The summed E-state index contributed by atoms with van der Waals surface area (Å²) in [5.74, 6) is -0.0519. The van der Waals surface area contributed by atoms with Crippen LogP contribution in [0.5, 0.6) is 0 Å². The van der Waals surface area contributed by atoms with Crippen molar-refractivity contribution in [2.45, 2.75) is 33.7 Å². The van der Waals surface area contributed by atoms with E-state index in [9.17, 15) is 18.0 Å². The fourth-order valence-corrected chi connectivity index (χ4v) is 2.23. The highest BCUT2D eigenvalue weighted by Crippen LogP contribution is 2.16. The van der Waals surface area contributed by atoms with Gasteiger partial charge in [0.15, 0.2) is 0 Å². The van der Waals surface area contributed by atoms with Crippen molar-refractivity contribution in [3.63, 3.8) is 0 Å². The minimum absolute atomic E-state index is 0.202. The van der Waals surface area contributed by atoms with Gasteiger partial charge in [-0.3, -0.25) is 4.79 Å². The third-order valence-electron chi connectivity index (χ3n) is 3.49. The van der Waals surface area contributed by atoms with Crippen LogP contribution in [-0.2, 0) is 16.1 Å². The Labute approximate surface area is 173 Å². The van der Waals surface area contributed by atoms with Crippen molar-refractivity contribution in [3.05, 3.63) is 73.0 Å². The summed E-state index contributed by atoms with van der Waals surface area (Å²) < 4.78 is 39.8. The van der Waals surface area contributed by atoms with Crippen LogP contribution in [0.1, 0.15) is 26.6 Å². The second-order valence-corrected chi connectivity index (χ2v) is 5.62. The second kappa shape index (κ2) is 12.2. The number of rotatable bonds is 10. The number of nitrogens with zero attached hydrogens (tertiary/aromatic N) is 5. The smallest absolute Gasteiger partial charge is 0.414 e. The quantitative estimate of drug-likeness (QED) is 0.417. The molecule has 0 atom stereocenters. The predicted octanol–water partition coefficient (Wildman–Crippen LogP) is 4.18. The van der Waals surface area contributed by atoms with Gasteiger partial charge in [-0.1, -0.05) is 37.0 Å². The SMILES string of the molecule is C=C/C(=C\C=C/C)c1nnn(CC(=O)N(CC)C(/C=C\C)=C/C=C/OC(F)(F)F)n1. The second-order valence-electron chi connectivity index (χ2n) is 5.62. The van der Waals surface area contributed by atoms with Crippen LogP contribution < -0.4 is 0 Å². The van der Waals surface area contributed by atoms with Crippen LogP contribution >= 0.6 is 0 Å². The molecule has 0 aromatic carbocycles. The molecule has 1 aromatic rings. The summed E-state index contributed by atoms with van der Waals surface area (Å²) in [5.41, 5.74) is 1.02.